The number of anilines is 1. The van der Waals surface area contributed by atoms with Gasteiger partial charge in [0.2, 0.25) is 0 Å². The molecule has 1 aromatic carbocycles. The number of nitrogens with zero attached hydrogens (tertiary/aromatic N) is 3. The minimum atomic E-state index is -0.509. The molecule has 6 heteroatoms. The first kappa shape index (κ1) is 12.9. The summed E-state index contributed by atoms with van der Waals surface area (Å²) >= 11 is 5.71. The fourth-order valence-electron chi connectivity index (χ4n) is 2.10. The van der Waals surface area contributed by atoms with Gasteiger partial charge in [-0.25, -0.2) is 4.98 Å². The number of rotatable bonds is 2. The van der Waals surface area contributed by atoms with Crippen LogP contribution in [0.2, 0.25) is 5.15 Å². The molecule has 0 radical (unpaired) electrons. The third-order valence-corrected chi connectivity index (χ3v) is 3.26. The molecular formula is C14H12ClN3O2. The van der Waals surface area contributed by atoms with Gasteiger partial charge in [0.15, 0.2) is 6.10 Å². The van der Waals surface area contributed by atoms with E-state index in [4.69, 9.17) is 16.3 Å². The average Bonchev–Trinajstić information content (AvgIpc) is 2.46. The fourth-order valence-corrected chi connectivity index (χ4v) is 2.20. The van der Waals surface area contributed by atoms with Crippen LogP contribution in [0.5, 0.6) is 5.75 Å². The molecule has 0 bridgehead atoms. The number of hydrogen-bond donors (Lipinski definition) is 0. The number of para-hydroxylation sites is 2. The summed E-state index contributed by atoms with van der Waals surface area (Å²) < 4.78 is 5.58. The molecule has 1 amide bonds. The van der Waals surface area contributed by atoms with Crippen molar-refractivity contribution in [2.24, 2.45) is 0 Å². The molecule has 2 aromatic rings. The molecule has 1 unspecified atom stereocenters. The van der Waals surface area contributed by atoms with Crippen molar-refractivity contribution in [2.75, 3.05) is 4.90 Å². The van der Waals surface area contributed by atoms with Gasteiger partial charge >= 0.3 is 0 Å². The molecule has 1 aromatic heterocycles. The van der Waals surface area contributed by atoms with E-state index in [-0.39, 0.29) is 5.91 Å². The molecule has 0 spiro atoms. The van der Waals surface area contributed by atoms with Crippen LogP contribution in [0.3, 0.4) is 0 Å². The predicted molar refractivity (Wildman–Crippen MR) is 74.8 cm³/mol. The van der Waals surface area contributed by atoms with Gasteiger partial charge in [0.1, 0.15) is 10.9 Å². The first-order valence-electron chi connectivity index (χ1n) is 6.18. The van der Waals surface area contributed by atoms with Crippen molar-refractivity contribution in [1.82, 2.24) is 9.97 Å². The van der Waals surface area contributed by atoms with Gasteiger partial charge in [-0.05, 0) is 19.1 Å². The number of amides is 1. The topological polar surface area (TPSA) is 55.3 Å². The highest BCUT2D eigenvalue weighted by molar-refractivity contribution is 6.29. The van der Waals surface area contributed by atoms with Gasteiger partial charge in [-0.1, -0.05) is 23.7 Å². The van der Waals surface area contributed by atoms with Crippen LogP contribution in [0.4, 0.5) is 5.69 Å². The molecule has 1 aliphatic heterocycles. The Morgan fingerprint density at radius 1 is 1.30 bits per heavy atom. The van der Waals surface area contributed by atoms with E-state index >= 15 is 0 Å². The van der Waals surface area contributed by atoms with Crippen molar-refractivity contribution in [3.05, 3.63) is 47.5 Å². The van der Waals surface area contributed by atoms with Gasteiger partial charge < -0.3 is 4.74 Å². The smallest absolute Gasteiger partial charge is 0.268 e. The highest BCUT2D eigenvalue weighted by Gasteiger charge is 2.31. The maximum atomic E-state index is 12.3. The van der Waals surface area contributed by atoms with Crippen molar-refractivity contribution in [1.29, 1.82) is 0 Å². The van der Waals surface area contributed by atoms with Gasteiger partial charge in [-0.3, -0.25) is 14.7 Å². The molecule has 102 valence electrons. The Morgan fingerprint density at radius 3 is 2.85 bits per heavy atom. The van der Waals surface area contributed by atoms with Crippen molar-refractivity contribution < 1.29 is 9.53 Å². The summed E-state index contributed by atoms with van der Waals surface area (Å²) in [7, 11) is 0. The molecule has 20 heavy (non-hydrogen) atoms. The summed E-state index contributed by atoms with van der Waals surface area (Å²) in [5, 5.41) is 0.329. The second kappa shape index (κ2) is 5.09. The Bertz CT molecular complexity index is 645. The number of ether oxygens (including phenoxy) is 1. The number of carbonyl (C=O) groups excluding carboxylic acids is 1. The number of fused-ring (bicyclic) bond motifs is 1. The third-order valence-electron chi connectivity index (χ3n) is 3.07. The first-order valence-corrected chi connectivity index (χ1v) is 6.56. The van der Waals surface area contributed by atoms with Crippen LogP contribution in [0.15, 0.2) is 36.7 Å². The van der Waals surface area contributed by atoms with E-state index in [9.17, 15) is 4.79 Å². The molecule has 5 nitrogen and oxygen atoms in total. The Balaban J connectivity index is 1.95. The number of carbonyl (C=O) groups is 1. The molecule has 0 aliphatic carbocycles. The number of benzene rings is 1. The second-order valence-corrected chi connectivity index (χ2v) is 4.87. The van der Waals surface area contributed by atoms with E-state index < -0.39 is 6.10 Å². The van der Waals surface area contributed by atoms with Crippen LogP contribution in [-0.2, 0) is 11.3 Å². The largest absolute Gasteiger partial charge is 0.479 e. The lowest BCUT2D eigenvalue weighted by Crippen LogP contribution is -2.44. The summed E-state index contributed by atoms with van der Waals surface area (Å²) in [6.45, 7) is 2.08. The van der Waals surface area contributed by atoms with Gasteiger partial charge in [-0.2, -0.15) is 0 Å². The first-order chi connectivity index (χ1) is 9.65. The summed E-state index contributed by atoms with van der Waals surface area (Å²) in [6.07, 6.45) is 2.53. The number of halogens is 1. The highest BCUT2D eigenvalue weighted by atomic mass is 35.5. The second-order valence-electron chi connectivity index (χ2n) is 4.48. The maximum absolute atomic E-state index is 12.3. The Hall–Kier alpha value is -2.14. The van der Waals surface area contributed by atoms with Crippen LogP contribution in [0, 0.1) is 0 Å². The van der Waals surface area contributed by atoms with E-state index in [1.54, 1.807) is 18.0 Å². The lowest BCUT2D eigenvalue weighted by atomic mass is 10.2. The summed E-state index contributed by atoms with van der Waals surface area (Å²) in [5.74, 6) is 0.599. The molecule has 2 heterocycles. The molecule has 0 N–H and O–H groups in total. The van der Waals surface area contributed by atoms with Crippen LogP contribution in [0.25, 0.3) is 0 Å². The zero-order valence-corrected chi connectivity index (χ0v) is 11.5. The summed E-state index contributed by atoms with van der Waals surface area (Å²) in [4.78, 5) is 22.1. The Labute approximate surface area is 121 Å². The SMILES string of the molecule is CC1Oc2ccccc2N(Cc2cnc(Cl)cn2)C1=O. The Kier molecular flexibility index (Phi) is 3.28. The van der Waals surface area contributed by atoms with Crippen LogP contribution in [-0.4, -0.2) is 22.0 Å². The maximum Gasteiger partial charge on any atom is 0.268 e. The predicted octanol–water partition coefficient (Wildman–Crippen LogP) is 2.44. The third kappa shape index (κ3) is 2.32. The number of hydrogen-bond acceptors (Lipinski definition) is 4. The summed E-state index contributed by atoms with van der Waals surface area (Å²) in [6, 6.07) is 7.44. The van der Waals surface area contributed by atoms with Crippen LogP contribution in [0.1, 0.15) is 12.6 Å². The zero-order valence-electron chi connectivity index (χ0n) is 10.8. The minimum Gasteiger partial charge on any atom is -0.479 e. The van der Waals surface area contributed by atoms with Crippen LogP contribution >= 0.6 is 11.6 Å². The van der Waals surface area contributed by atoms with Crippen molar-refractivity contribution in [3.63, 3.8) is 0 Å². The monoisotopic (exact) mass is 289 g/mol. The van der Waals surface area contributed by atoms with Crippen molar-refractivity contribution in [3.8, 4) is 5.75 Å². The quantitative estimate of drug-likeness (QED) is 0.852. The molecule has 1 atom stereocenters. The van der Waals surface area contributed by atoms with E-state index in [1.807, 2.05) is 24.3 Å². The van der Waals surface area contributed by atoms with Gasteiger partial charge in [0.05, 0.1) is 30.3 Å². The van der Waals surface area contributed by atoms with E-state index in [0.717, 1.165) is 5.69 Å². The summed E-state index contributed by atoms with van der Waals surface area (Å²) in [5.41, 5.74) is 1.42. The lowest BCUT2D eigenvalue weighted by molar-refractivity contribution is -0.125. The normalized spacial score (nSPS) is 17.6. The molecule has 0 fully saturated rings. The molecule has 1 aliphatic rings. The molecular weight excluding hydrogens is 278 g/mol. The highest BCUT2D eigenvalue weighted by Crippen LogP contribution is 2.34. The minimum absolute atomic E-state index is 0.0968. The number of aromatic nitrogens is 2. The van der Waals surface area contributed by atoms with E-state index in [0.29, 0.717) is 23.1 Å². The van der Waals surface area contributed by atoms with Gasteiger partial charge in [-0.15, -0.1) is 0 Å². The standard InChI is InChI=1S/C14H12ClN3O2/c1-9-14(19)18(8-10-6-17-13(15)7-16-10)11-4-2-3-5-12(11)20-9/h2-7,9H,8H2,1H3. The Morgan fingerprint density at radius 2 is 2.10 bits per heavy atom. The lowest BCUT2D eigenvalue weighted by Gasteiger charge is -2.32. The van der Waals surface area contributed by atoms with E-state index in [2.05, 4.69) is 9.97 Å². The molecule has 0 saturated carbocycles. The fraction of sp³-hybridized carbons (Fsp3) is 0.214. The van der Waals surface area contributed by atoms with Gasteiger partial charge in [0, 0.05) is 0 Å². The van der Waals surface area contributed by atoms with Crippen molar-refractivity contribution in [2.45, 2.75) is 19.6 Å². The molecule has 3 rings (SSSR count). The van der Waals surface area contributed by atoms with Crippen molar-refractivity contribution >= 4 is 23.2 Å². The average molecular weight is 290 g/mol. The van der Waals surface area contributed by atoms with Gasteiger partial charge in [0.25, 0.3) is 5.91 Å². The van der Waals surface area contributed by atoms with E-state index in [1.165, 1.54) is 6.20 Å². The zero-order chi connectivity index (χ0) is 14.1. The van der Waals surface area contributed by atoms with Crippen LogP contribution < -0.4 is 9.64 Å². The molecule has 0 saturated heterocycles.